The zero-order valence-electron chi connectivity index (χ0n) is 12.7. The first kappa shape index (κ1) is 15.5. The SMILES string of the molecule is CC(C)(C)c1ccc(C(=O)NNC(=O)[C@H]2CCCO2)cc1. The molecule has 0 unspecified atom stereocenters. The van der Waals surface area contributed by atoms with Crippen molar-refractivity contribution in [2.45, 2.75) is 45.1 Å². The van der Waals surface area contributed by atoms with Gasteiger partial charge in [-0.2, -0.15) is 0 Å². The van der Waals surface area contributed by atoms with Crippen LogP contribution in [0.5, 0.6) is 0 Å². The first-order valence-electron chi connectivity index (χ1n) is 7.20. The second-order valence-corrected chi connectivity index (χ2v) is 6.27. The Labute approximate surface area is 125 Å². The van der Waals surface area contributed by atoms with E-state index in [1.807, 2.05) is 12.1 Å². The Hall–Kier alpha value is -1.88. The fraction of sp³-hybridized carbons (Fsp3) is 0.500. The maximum Gasteiger partial charge on any atom is 0.269 e. The highest BCUT2D eigenvalue weighted by atomic mass is 16.5. The van der Waals surface area contributed by atoms with Gasteiger partial charge in [0.15, 0.2) is 0 Å². The monoisotopic (exact) mass is 290 g/mol. The van der Waals surface area contributed by atoms with E-state index in [0.29, 0.717) is 18.6 Å². The van der Waals surface area contributed by atoms with Crippen LogP contribution < -0.4 is 10.9 Å². The van der Waals surface area contributed by atoms with Gasteiger partial charge in [0.05, 0.1) is 0 Å². The van der Waals surface area contributed by atoms with Gasteiger partial charge in [0.2, 0.25) is 0 Å². The number of amides is 2. The third-order valence-electron chi connectivity index (χ3n) is 3.53. The third-order valence-corrected chi connectivity index (χ3v) is 3.53. The summed E-state index contributed by atoms with van der Waals surface area (Å²) in [7, 11) is 0. The molecule has 0 aromatic heterocycles. The smallest absolute Gasteiger partial charge is 0.269 e. The number of hydrogen-bond acceptors (Lipinski definition) is 3. The van der Waals surface area contributed by atoms with Crippen LogP contribution in [0.3, 0.4) is 0 Å². The summed E-state index contributed by atoms with van der Waals surface area (Å²) in [5, 5.41) is 0. The molecule has 1 aliphatic heterocycles. The van der Waals surface area contributed by atoms with Crippen molar-refractivity contribution in [1.29, 1.82) is 0 Å². The quantitative estimate of drug-likeness (QED) is 0.818. The molecule has 1 atom stereocenters. The highest BCUT2D eigenvalue weighted by Crippen LogP contribution is 2.22. The summed E-state index contributed by atoms with van der Waals surface area (Å²) in [4.78, 5) is 23.7. The van der Waals surface area contributed by atoms with Crippen molar-refractivity contribution in [2.24, 2.45) is 0 Å². The fourth-order valence-corrected chi connectivity index (χ4v) is 2.18. The predicted molar refractivity (Wildman–Crippen MR) is 79.7 cm³/mol. The van der Waals surface area contributed by atoms with Gasteiger partial charge in [0.1, 0.15) is 6.10 Å². The molecule has 1 saturated heterocycles. The molecule has 2 N–H and O–H groups in total. The van der Waals surface area contributed by atoms with Crippen molar-refractivity contribution in [1.82, 2.24) is 10.9 Å². The van der Waals surface area contributed by atoms with Crippen molar-refractivity contribution < 1.29 is 14.3 Å². The van der Waals surface area contributed by atoms with Crippen LogP contribution in [0, 0.1) is 0 Å². The number of rotatable bonds is 2. The molecule has 1 fully saturated rings. The molecule has 1 aliphatic rings. The second kappa shape index (κ2) is 6.26. The van der Waals surface area contributed by atoms with Crippen LogP contribution in [0.4, 0.5) is 0 Å². The number of benzene rings is 1. The van der Waals surface area contributed by atoms with Gasteiger partial charge >= 0.3 is 0 Å². The molecule has 0 radical (unpaired) electrons. The summed E-state index contributed by atoms with van der Waals surface area (Å²) >= 11 is 0. The fourth-order valence-electron chi connectivity index (χ4n) is 2.18. The van der Waals surface area contributed by atoms with Crippen LogP contribution >= 0.6 is 0 Å². The van der Waals surface area contributed by atoms with E-state index in [4.69, 9.17) is 4.74 Å². The van der Waals surface area contributed by atoms with Crippen molar-refractivity contribution in [2.75, 3.05) is 6.61 Å². The van der Waals surface area contributed by atoms with Gasteiger partial charge in [0.25, 0.3) is 11.8 Å². The first-order chi connectivity index (χ1) is 9.88. The third kappa shape index (κ3) is 4.04. The minimum absolute atomic E-state index is 0.0447. The average Bonchev–Trinajstić information content (AvgIpc) is 2.98. The molecule has 2 amide bonds. The number of hydrazine groups is 1. The lowest BCUT2D eigenvalue weighted by Crippen LogP contribution is -2.46. The largest absolute Gasteiger partial charge is 0.368 e. The highest BCUT2D eigenvalue weighted by molar-refractivity contribution is 5.95. The molecular formula is C16H22N2O3. The van der Waals surface area contributed by atoms with E-state index in [9.17, 15) is 9.59 Å². The Kier molecular flexibility index (Phi) is 4.63. The van der Waals surface area contributed by atoms with Gasteiger partial charge in [-0.1, -0.05) is 32.9 Å². The Morgan fingerprint density at radius 3 is 2.33 bits per heavy atom. The van der Waals surface area contributed by atoms with Gasteiger partial charge in [-0.25, -0.2) is 0 Å². The van der Waals surface area contributed by atoms with Crippen molar-refractivity contribution in [3.05, 3.63) is 35.4 Å². The van der Waals surface area contributed by atoms with Gasteiger partial charge in [-0.15, -0.1) is 0 Å². The van der Waals surface area contributed by atoms with E-state index in [1.165, 1.54) is 0 Å². The normalized spacial score (nSPS) is 18.3. The Morgan fingerprint density at radius 2 is 1.81 bits per heavy atom. The molecule has 0 aliphatic carbocycles. The summed E-state index contributed by atoms with van der Waals surface area (Å²) in [5.41, 5.74) is 6.53. The zero-order valence-corrected chi connectivity index (χ0v) is 12.7. The molecule has 1 heterocycles. The Bertz CT molecular complexity index is 511. The summed E-state index contributed by atoms with van der Waals surface area (Å²) in [6.07, 6.45) is 1.12. The van der Waals surface area contributed by atoms with Gasteiger partial charge in [0, 0.05) is 12.2 Å². The topological polar surface area (TPSA) is 67.4 Å². The minimum atomic E-state index is -0.450. The van der Waals surface area contributed by atoms with Gasteiger partial charge < -0.3 is 4.74 Å². The Morgan fingerprint density at radius 1 is 1.14 bits per heavy atom. The summed E-state index contributed by atoms with van der Waals surface area (Å²) < 4.78 is 5.24. The van der Waals surface area contributed by atoms with E-state index in [0.717, 1.165) is 12.0 Å². The maximum atomic E-state index is 12.0. The van der Waals surface area contributed by atoms with Crippen LogP contribution in [0.25, 0.3) is 0 Å². The summed E-state index contributed by atoms with van der Waals surface area (Å²) in [5.74, 6) is -0.631. The lowest BCUT2D eigenvalue weighted by molar-refractivity contribution is -0.130. The molecule has 0 bridgehead atoms. The van der Waals surface area contributed by atoms with Crippen molar-refractivity contribution >= 4 is 11.8 Å². The highest BCUT2D eigenvalue weighted by Gasteiger charge is 2.23. The zero-order chi connectivity index (χ0) is 15.5. The molecule has 1 aromatic rings. The molecule has 114 valence electrons. The van der Waals surface area contributed by atoms with Crippen LogP contribution in [-0.2, 0) is 14.9 Å². The summed E-state index contributed by atoms with van der Waals surface area (Å²) in [6, 6.07) is 7.37. The number of carbonyl (C=O) groups is 2. The lowest BCUT2D eigenvalue weighted by Gasteiger charge is -2.19. The van der Waals surface area contributed by atoms with E-state index in [1.54, 1.807) is 12.1 Å². The van der Waals surface area contributed by atoms with E-state index in [-0.39, 0.29) is 17.2 Å². The van der Waals surface area contributed by atoms with Crippen molar-refractivity contribution in [3.8, 4) is 0 Å². The first-order valence-corrected chi connectivity index (χ1v) is 7.20. The number of ether oxygens (including phenoxy) is 1. The van der Waals surface area contributed by atoms with E-state index < -0.39 is 6.10 Å². The lowest BCUT2D eigenvalue weighted by atomic mass is 9.87. The molecule has 5 heteroatoms. The molecule has 2 rings (SSSR count). The minimum Gasteiger partial charge on any atom is -0.368 e. The van der Waals surface area contributed by atoms with Crippen LogP contribution in [-0.4, -0.2) is 24.5 Å². The molecule has 0 saturated carbocycles. The maximum absolute atomic E-state index is 12.0. The van der Waals surface area contributed by atoms with Gasteiger partial charge in [-0.05, 0) is 36.0 Å². The number of hydrogen-bond donors (Lipinski definition) is 2. The standard InChI is InChI=1S/C16H22N2O3/c1-16(2,3)12-8-6-11(7-9-12)14(19)17-18-15(20)13-5-4-10-21-13/h6-9,13H,4-5,10H2,1-3H3,(H,17,19)(H,18,20)/t13-/m1/s1. The van der Waals surface area contributed by atoms with Crippen LogP contribution in [0.15, 0.2) is 24.3 Å². The van der Waals surface area contributed by atoms with Gasteiger partial charge in [-0.3, -0.25) is 20.4 Å². The molecular weight excluding hydrogens is 268 g/mol. The molecule has 1 aromatic carbocycles. The number of carbonyl (C=O) groups excluding carboxylic acids is 2. The van der Waals surface area contributed by atoms with Crippen molar-refractivity contribution in [3.63, 3.8) is 0 Å². The average molecular weight is 290 g/mol. The second-order valence-electron chi connectivity index (χ2n) is 6.27. The Balaban J connectivity index is 1.89. The van der Waals surface area contributed by atoms with Crippen LogP contribution in [0.1, 0.15) is 49.5 Å². The molecule has 0 spiro atoms. The van der Waals surface area contributed by atoms with Crippen LogP contribution in [0.2, 0.25) is 0 Å². The van der Waals surface area contributed by atoms with E-state index in [2.05, 4.69) is 31.6 Å². The molecule has 21 heavy (non-hydrogen) atoms. The predicted octanol–water partition coefficient (Wildman–Crippen LogP) is 1.92. The summed E-state index contributed by atoms with van der Waals surface area (Å²) in [6.45, 7) is 6.94. The number of nitrogens with one attached hydrogen (secondary N) is 2. The van der Waals surface area contributed by atoms with E-state index >= 15 is 0 Å². The molecule has 5 nitrogen and oxygen atoms in total.